The summed E-state index contributed by atoms with van der Waals surface area (Å²) in [4.78, 5) is 0. The Balaban J connectivity index is 1.73. The Labute approximate surface area is 121 Å². The van der Waals surface area contributed by atoms with Crippen molar-refractivity contribution in [2.24, 2.45) is 5.73 Å². The average molecular weight is 268 g/mol. The maximum absolute atomic E-state index is 5.75. The molecule has 2 aromatic carbocycles. The fraction of sp³-hybridized carbons (Fsp3) is 0.278. The first-order valence-corrected chi connectivity index (χ1v) is 7.03. The summed E-state index contributed by atoms with van der Waals surface area (Å²) >= 11 is 0. The van der Waals surface area contributed by atoms with Crippen LogP contribution in [0.4, 0.5) is 0 Å². The third-order valence-electron chi connectivity index (χ3n) is 3.38. The molecule has 1 radical (unpaired) electrons. The molecule has 2 heteroatoms. The number of ether oxygens (including phenoxy) is 1. The molecule has 0 aromatic heterocycles. The molecule has 0 aliphatic carbocycles. The molecule has 0 saturated heterocycles. The van der Waals surface area contributed by atoms with Crippen molar-refractivity contribution in [3.05, 3.63) is 77.2 Å². The third-order valence-corrected chi connectivity index (χ3v) is 3.38. The highest BCUT2D eigenvalue weighted by Gasteiger charge is 2.06. The topological polar surface area (TPSA) is 35.2 Å². The van der Waals surface area contributed by atoms with Gasteiger partial charge < -0.3 is 10.5 Å². The van der Waals surface area contributed by atoms with E-state index in [1.165, 1.54) is 17.0 Å². The Morgan fingerprint density at radius 1 is 0.950 bits per heavy atom. The number of nitrogens with two attached hydrogens (primary N) is 1. The number of benzene rings is 2. The van der Waals surface area contributed by atoms with E-state index in [2.05, 4.69) is 55.5 Å². The van der Waals surface area contributed by atoms with Crippen molar-refractivity contribution < 1.29 is 4.74 Å². The Morgan fingerprint density at radius 2 is 1.65 bits per heavy atom. The quantitative estimate of drug-likeness (QED) is 0.782. The van der Waals surface area contributed by atoms with Crippen LogP contribution < -0.4 is 5.73 Å². The minimum Gasteiger partial charge on any atom is -0.380 e. The molecule has 105 valence electrons. The highest BCUT2D eigenvalue weighted by Crippen LogP contribution is 2.15. The van der Waals surface area contributed by atoms with E-state index < -0.39 is 0 Å². The summed E-state index contributed by atoms with van der Waals surface area (Å²) in [6.07, 6.45) is 0.959. The van der Waals surface area contributed by atoms with Crippen molar-refractivity contribution in [1.29, 1.82) is 0 Å². The van der Waals surface area contributed by atoms with Crippen molar-refractivity contribution in [3.63, 3.8) is 0 Å². The fourth-order valence-corrected chi connectivity index (χ4v) is 2.07. The first-order valence-electron chi connectivity index (χ1n) is 7.03. The van der Waals surface area contributed by atoms with Gasteiger partial charge in [-0.05, 0) is 23.1 Å². The molecule has 0 saturated carbocycles. The lowest BCUT2D eigenvalue weighted by molar-refractivity contribution is 0.150. The van der Waals surface area contributed by atoms with E-state index in [-0.39, 0.29) is 0 Å². The molecule has 2 aromatic rings. The zero-order valence-corrected chi connectivity index (χ0v) is 12.0. The minimum absolute atomic E-state index is 0.590. The maximum atomic E-state index is 5.75. The van der Waals surface area contributed by atoms with E-state index in [1.54, 1.807) is 0 Å². The second kappa shape index (κ2) is 7.83. The third kappa shape index (κ3) is 4.48. The summed E-state index contributed by atoms with van der Waals surface area (Å²) in [6.45, 7) is 4.13. The van der Waals surface area contributed by atoms with Gasteiger partial charge in [0.2, 0.25) is 0 Å². The van der Waals surface area contributed by atoms with Gasteiger partial charge in [0.15, 0.2) is 0 Å². The minimum atomic E-state index is 0.590. The van der Waals surface area contributed by atoms with Crippen molar-refractivity contribution >= 4 is 0 Å². The molecule has 0 unspecified atom stereocenters. The summed E-state index contributed by atoms with van der Waals surface area (Å²) in [5.41, 5.74) is 9.30. The molecule has 2 N–H and O–H groups in total. The van der Waals surface area contributed by atoms with Crippen molar-refractivity contribution in [3.8, 4) is 0 Å². The van der Waals surface area contributed by atoms with E-state index in [0.717, 1.165) is 18.6 Å². The predicted octanol–water partition coefficient (Wildman–Crippen LogP) is 3.35. The maximum Gasteiger partial charge on any atom is 0.0569 e. The van der Waals surface area contributed by atoms with Crippen molar-refractivity contribution in [1.82, 2.24) is 0 Å². The fourth-order valence-electron chi connectivity index (χ4n) is 2.07. The SMILES string of the molecule is C[C](COCCc1ccccc1)c1ccc(CN)cc1. The van der Waals surface area contributed by atoms with Crippen LogP contribution in [0.1, 0.15) is 23.6 Å². The molecule has 20 heavy (non-hydrogen) atoms. The number of hydrogen-bond donors (Lipinski definition) is 1. The molecule has 0 amide bonds. The van der Waals surface area contributed by atoms with Crippen LogP contribution in [-0.2, 0) is 17.7 Å². The highest BCUT2D eigenvalue weighted by atomic mass is 16.5. The predicted molar refractivity (Wildman–Crippen MR) is 83.3 cm³/mol. The zero-order chi connectivity index (χ0) is 14.2. The van der Waals surface area contributed by atoms with Crippen LogP contribution in [0.5, 0.6) is 0 Å². The van der Waals surface area contributed by atoms with Crippen LogP contribution >= 0.6 is 0 Å². The molecule has 0 aliphatic rings. The molecule has 2 nitrogen and oxygen atoms in total. The highest BCUT2D eigenvalue weighted by molar-refractivity contribution is 5.32. The van der Waals surface area contributed by atoms with Gasteiger partial charge >= 0.3 is 0 Å². The molecule has 0 spiro atoms. The Morgan fingerprint density at radius 3 is 2.30 bits per heavy atom. The van der Waals surface area contributed by atoms with Crippen LogP contribution in [0.15, 0.2) is 54.6 Å². The molecule has 0 fully saturated rings. The standard InChI is InChI=1S/C18H22NO/c1-15(18-9-7-17(13-19)8-10-18)14-20-12-11-16-5-3-2-4-6-16/h2-10H,11-14,19H2,1H3. The average Bonchev–Trinajstić information content (AvgIpc) is 2.52. The van der Waals surface area contributed by atoms with E-state index in [9.17, 15) is 0 Å². The van der Waals surface area contributed by atoms with Crippen LogP contribution in [0.3, 0.4) is 0 Å². The monoisotopic (exact) mass is 268 g/mol. The molecule has 0 heterocycles. The summed E-state index contributed by atoms with van der Waals surface area (Å²) < 4.78 is 5.75. The molecular formula is C18H22NO. The Hall–Kier alpha value is -1.64. The van der Waals surface area contributed by atoms with Gasteiger partial charge in [0, 0.05) is 12.5 Å². The molecule has 2 rings (SSSR count). The van der Waals surface area contributed by atoms with Gasteiger partial charge in [-0.1, -0.05) is 61.5 Å². The van der Waals surface area contributed by atoms with Crippen molar-refractivity contribution in [2.75, 3.05) is 13.2 Å². The first kappa shape index (κ1) is 14.8. The largest absolute Gasteiger partial charge is 0.380 e. The van der Waals surface area contributed by atoms with E-state index in [0.29, 0.717) is 13.2 Å². The summed E-state index contributed by atoms with van der Waals surface area (Å²) in [5, 5.41) is 0. The zero-order valence-electron chi connectivity index (χ0n) is 12.0. The normalized spacial score (nSPS) is 10.9. The van der Waals surface area contributed by atoms with Gasteiger partial charge in [-0.25, -0.2) is 0 Å². The second-order valence-electron chi connectivity index (χ2n) is 4.97. The van der Waals surface area contributed by atoms with E-state index in [1.807, 2.05) is 6.07 Å². The van der Waals surface area contributed by atoms with Gasteiger partial charge in [0.25, 0.3) is 0 Å². The molecular weight excluding hydrogens is 246 g/mol. The van der Waals surface area contributed by atoms with Crippen LogP contribution in [0.2, 0.25) is 0 Å². The van der Waals surface area contributed by atoms with Gasteiger partial charge in [0.1, 0.15) is 0 Å². The van der Waals surface area contributed by atoms with E-state index in [4.69, 9.17) is 10.5 Å². The lowest BCUT2D eigenvalue weighted by Crippen LogP contribution is -2.08. The lowest BCUT2D eigenvalue weighted by Gasteiger charge is -2.12. The number of hydrogen-bond acceptors (Lipinski definition) is 2. The van der Waals surface area contributed by atoms with Crippen molar-refractivity contribution in [2.45, 2.75) is 19.9 Å². The Kier molecular flexibility index (Phi) is 5.78. The van der Waals surface area contributed by atoms with E-state index >= 15 is 0 Å². The first-order chi connectivity index (χ1) is 9.79. The van der Waals surface area contributed by atoms with Gasteiger partial charge in [-0.2, -0.15) is 0 Å². The molecule has 0 bridgehead atoms. The van der Waals surface area contributed by atoms with Gasteiger partial charge in [0.05, 0.1) is 13.2 Å². The summed E-state index contributed by atoms with van der Waals surface area (Å²) in [5.74, 6) is 1.25. The Bertz CT molecular complexity index is 493. The van der Waals surface area contributed by atoms with Crippen LogP contribution in [0, 0.1) is 5.92 Å². The summed E-state index contributed by atoms with van der Waals surface area (Å²) in [7, 11) is 0. The van der Waals surface area contributed by atoms with Crippen LogP contribution in [-0.4, -0.2) is 13.2 Å². The molecule has 0 aliphatic heterocycles. The van der Waals surface area contributed by atoms with Gasteiger partial charge in [-0.15, -0.1) is 0 Å². The number of rotatable bonds is 7. The second-order valence-corrected chi connectivity index (χ2v) is 4.97. The smallest absolute Gasteiger partial charge is 0.0569 e. The lowest BCUT2D eigenvalue weighted by atomic mass is 10.0. The van der Waals surface area contributed by atoms with Gasteiger partial charge in [-0.3, -0.25) is 0 Å². The van der Waals surface area contributed by atoms with Crippen LogP contribution in [0.25, 0.3) is 0 Å². The summed E-state index contributed by atoms with van der Waals surface area (Å²) in [6, 6.07) is 18.8. The molecule has 0 atom stereocenters.